The van der Waals surface area contributed by atoms with E-state index in [1.807, 2.05) is 32.0 Å². The van der Waals surface area contributed by atoms with E-state index in [9.17, 15) is 29.3 Å². The van der Waals surface area contributed by atoms with Crippen molar-refractivity contribution in [2.45, 2.75) is 20.3 Å². The number of amides is 1. The molecule has 9 nitrogen and oxygen atoms in total. The van der Waals surface area contributed by atoms with Crippen LogP contribution < -0.4 is 5.32 Å². The summed E-state index contributed by atoms with van der Waals surface area (Å²) in [6, 6.07) is 13.8. The molecule has 0 fully saturated rings. The van der Waals surface area contributed by atoms with Crippen molar-refractivity contribution in [3.8, 4) is 0 Å². The number of anilines is 1. The summed E-state index contributed by atoms with van der Waals surface area (Å²) < 4.78 is 5.04. The highest BCUT2D eigenvalue weighted by atomic mass is 16.6. The second-order valence-electron chi connectivity index (χ2n) is 7.93. The lowest BCUT2D eigenvalue weighted by Crippen LogP contribution is -2.25. The fourth-order valence-electron chi connectivity index (χ4n) is 4.11. The molecule has 0 atom stereocenters. The molecule has 0 radical (unpaired) electrons. The smallest absolute Gasteiger partial charge is 0.345 e. The van der Waals surface area contributed by atoms with Crippen molar-refractivity contribution < 1.29 is 28.8 Å². The Hall–Kier alpha value is -4.66. The first-order valence-corrected chi connectivity index (χ1v) is 10.8. The largest absolute Gasteiger partial charge is 0.452 e. The summed E-state index contributed by atoms with van der Waals surface area (Å²) in [6.07, 6.45) is 0.675. The highest BCUT2D eigenvalue weighted by molar-refractivity contribution is 6.30. The first-order chi connectivity index (χ1) is 16.7. The van der Waals surface area contributed by atoms with Crippen molar-refractivity contribution in [1.29, 1.82) is 0 Å². The normalized spacial score (nSPS) is 11.9. The Morgan fingerprint density at radius 3 is 2.29 bits per heavy atom. The molecule has 0 unspecified atom stereocenters. The fourth-order valence-corrected chi connectivity index (χ4v) is 4.11. The van der Waals surface area contributed by atoms with Gasteiger partial charge in [0.25, 0.3) is 11.6 Å². The lowest BCUT2D eigenvalue weighted by molar-refractivity contribution is -0.385. The Morgan fingerprint density at radius 2 is 1.63 bits per heavy atom. The summed E-state index contributed by atoms with van der Waals surface area (Å²) in [7, 11) is 0. The van der Waals surface area contributed by atoms with E-state index in [-0.39, 0.29) is 16.7 Å². The van der Waals surface area contributed by atoms with E-state index in [0.717, 1.165) is 17.2 Å². The molecule has 0 aliphatic heterocycles. The van der Waals surface area contributed by atoms with Crippen molar-refractivity contribution in [2.75, 3.05) is 11.9 Å². The predicted octanol–water partition coefficient (Wildman–Crippen LogP) is 4.04. The number of benzene rings is 3. The quantitative estimate of drug-likeness (QED) is 0.254. The van der Waals surface area contributed by atoms with Crippen LogP contribution in [-0.2, 0) is 16.0 Å². The van der Waals surface area contributed by atoms with Crippen LogP contribution in [0.3, 0.4) is 0 Å². The van der Waals surface area contributed by atoms with Gasteiger partial charge in [0.15, 0.2) is 12.4 Å². The number of rotatable bonds is 6. The molecule has 0 saturated carbocycles. The molecule has 1 aliphatic rings. The molecule has 35 heavy (non-hydrogen) atoms. The third-order valence-electron chi connectivity index (χ3n) is 5.81. The minimum Gasteiger partial charge on any atom is -0.452 e. The van der Waals surface area contributed by atoms with Gasteiger partial charge in [-0.25, -0.2) is 4.79 Å². The van der Waals surface area contributed by atoms with Gasteiger partial charge in [-0.05, 0) is 36.6 Å². The topological polar surface area (TPSA) is 133 Å². The molecular formula is C26H20N2O7. The third kappa shape index (κ3) is 4.19. The molecule has 0 saturated heterocycles. The molecule has 0 heterocycles. The Bertz CT molecular complexity index is 1430. The Kier molecular flexibility index (Phi) is 6.24. The molecule has 0 aromatic heterocycles. The highest BCUT2D eigenvalue weighted by Crippen LogP contribution is 2.35. The van der Waals surface area contributed by atoms with Gasteiger partial charge in [0.05, 0.1) is 4.92 Å². The van der Waals surface area contributed by atoms with Gasteiger partial charge in [0, 0.05) is 22.4 Å². The molecular weight excluding hydrogens is 452 g/mol. The number of carbonyl (C=O) groups is 4. The number of hydrogen-bond donors (Lipinski definition) is 1. The van der Waals surface area contributed by atoms with Gasteiger partial charge in [0.1, 0.15) is 11.1 Å². The lowest BCUT2D eigenvalue weighted by atomic mass is 9.82. The first kappa shape index (κ1) is 23.5. The van der Waals surface area contributed by atoms with E-state index in [1.165, 1.54) is 24.3 Å². The molecule has 176 valence electrons. The summed E-state index contributed by atoms with van der Waals surface area (Å²) in [6.45, 7) is 3.07. The lowest BCUT2D eigenvalue weighted by Gasteiger charge is -2.18. The maximum Gasteiger partial charge on any atom is 0.345 e. The van der Waals surface area contributed by atoms with E-state index in [0.29, 0.717) is 12.1 Å². The number of hydrogen-bond acceptors (Lipinski definition) is 7. The fraction of sp³-hybridized carbons (Fsp3) is 0.154. The van der Waals surface area contributed by atoms with Gasteiger partial charge >= 0.3 is 5.97 Å². The minimum absolute atomic E-state index is 0.0166. The maximum atomic E-state index is 13.0. The van der Waals surface area contributed by atoms with Gasteiger partial charge in [0.2, 0.25) is 5.78 Å². The van der Waals surface area contributed by atoms with Crippen LogP contribution in [0.15, 0.2) is 54.6 Å². The molecule has 0 spiro atoms. The molecule has 3 aromatic rings. The van der Waals surface area contributed by atoms with E-state index < -0.39 is 51.8 Å². The van der Waals surface area contributed by atoms with E-state index in [1.54, 1.807) is 6.07 Å². The van der Waals surface area contributed by atoms with Crippen molar-refractivity contribution >= 4 is 34.8 Å². The number of nitro groups is 1. The monoisotopic (exact) mass is 472 g/mol. The van der Waals surface area contributed by atoms with Gasteiger partial charge in [-0.1, -0.05) is 49.4 Å². The van der Waals surface area contributed by atoms with Crippen molar-refractivity contribution in [2.24, 2.45) is 0 Å². The number of para-hydroxylation sites is 1. The second-order valence-corrected chi connectivity index (χ2v) is 7.93. The Labute approximate surface area is 199 Å². The zero-order chi connectivity index (χ0) is 25.3. The molecule has 1 aliphatic carbocycles. The Balaban J connectivity index is 1.61. The van der Waals surface area contributed by atoms with Crippen LogP contribution in [0.25, 0.3) is 0 Å². The van der Waals surface area contributed by atoms with Crippen molar-refractivity contribution in [3.63, 3.8) is 0 Å². The number of nitrogens with zero attached hydrogens (tertiary/aromatic N) is 1. The molecule has 1 amide bonds. The van der Waals surface area contributed by atoms with Crippen LogP contribution in [0.1, 0.15) is 60.3 Å². The van der Waals surface area contributed by atoms with Gasteiger partial charge in [-0.3, -0.25) is 24.5 Å². The first-order valence-electron chi connectivity index (χ1n) is 10.8. The van der Waals surface area contributed by atoms with Crippen LogP contribution >= 0.6 is 0 Å². The van der Waals surface area contributed by atoms with Crippen molar-refractivity contribution in [1.82, 2.24) is 0 Å². The standard InChI is InChI=1S/C26H20N2O7/c1-3-15-8-6-7-14(2)22(15)27-20(29)13-35-26(32)19-12-11-18-21(23(19)28(33)34)25(31)17-10-5-4-9-16(17)24(18)30/h4-12H,3,13H2,1-2H3,(H,27,29). The summed E-state index contributed by atoms with van der Waals surface area (Å²) in [4.78, 5) is 62.1. The number of carbonyl (C=O) groups excluding carboxylic acids is 4. The number of ether oxygens (including phenoxy) is 1. The molecule has 3 aromatic carbocycles. The maximum absolute atomic E-state index is 13.0. The van der Waals surface area contributed by atoms with E-state index in [2.05, 4.69) is 5.32 Å². The van der Waals surface area contributed by atoms with E-state index >= 15 is 0 Å². The number of ketones is 2. The van der Waals surface area contributed by atoms with E-state index in [4.69, 9.17) is 4.74 Å². The second kappa shape index (κ2) is 9.30. The number of fused-ring (bicyclic) bond motifs is 2. The predicted molar refractivity (Wildman–Crippen MR) is 126 cm³/mol. The van der Waals surface area contributed by atoms with Crippen LogP contribution in [0.4, 0.5) is 11.4 Å². The summed E-state index contributed by atoms with van der Waals surface area (Å²) >= 11 is 0. The molecule has 4 rings (SSSR count). The average molecular weight is 472 g/mol. The van der Waals surface area contributed by atoms with Gasteiger partial charge < -0.3 is 10.1 Å². The number of aryl methyl sites for hydroxylation is 2. The summed E-state index contributed by atoms with van der Waals surface area (Å²) in [5.74, 6) is -3.07. The van der Waals surface area contributed by atoms with Gasteiger partial charge in [-0.15, -0.1) is 0 Å². The SMILES string of the molecule is CCc1cccc(C)c1NC(=O)COC(=O)c1ccc2c(c1[N+](=O)[O-])C(=O)c1ccccc1C2=O. The van der Waals surface area contributed by atoms with Crippen LogP contribution in [0.2, 0.25) is 0 Å². The van der Waals surface area contributed by atoms with Crippen LogP contribution in [-0.4, -0.2) is 35.0 Å². The summed E-state index contributed by atoms with van der Waals surface area (Å²) in [5.41, 5.74) is 0.512. The number of esters is 1. The van der Waals surface area contributed by atoms with Gasteiger partial charge in [-0.2, -0.15) is 0 Å². The average Bonchev–Trinajstić information content (AvgIpc) is 2.86. The molecule has 9 heteroatoms. The van der Waals surface area contributed by atoms with Crippen molar-refractivity contribution in [3.05, 3.63) is 104 Å². The van der Waals surface area contributed by atoms with Crippen LogP contribution in [0.5, 0.6) is 0 Å². The third-order valence-corrected chi connectivity index (χ3v) is 5.81. The Morgan fingerprint density at radius 1 is 0.943 bits per heavy atom. The molecule has 0 bridgehead atoms. The number of nitro benzene ring substituents is 1. The zero-order valence-corrected chi connectivity index (χ0v) is 18.9. The number of nitrogens with one attached hydrogen (secondary N) is 1. The summed E-state index contributed by atoms with van der Waals surface area (Å²) in [5, 5.41) is 14.6. The van der Waals surface area contributed by atoms with Crippen LogP contribution in [0, 0.1) is 17.0 Å². The molecule has 1 N–H and O–H groups in total. The highest BCUT2D eigenvalue weighted by Gasteiger charge is 2.39. The minimum atomic E-state index is -1.16. The zero-order valence-electron chi connectivity index (χ0n) is 18.9.